The van der Waals surface area contributed by atoms with Gasteiger partial charge in [0, 0.05) is 18.1 Å². The molecule has 2 rings (SSSR count). The molecule has 1 heteroatoms. The number of piperidine rings is 1. The number of hydrogen-bond acceptors (Lipinski definition) is 1. The summed E-state index contributed by atoms with van der Waals surface area (Å²) in [6.07, 6.45) is 5.87. The zero-order chi connectivity index (χ0) is 10.3. The van der Waals surface area contributed by atoms with Crippen LogP contribution in [0.3, 0.4) is 0 Å². The Bertz CT molecular complexity index is 197. The average Bonchev–Trinajstić information content (AvgIpc) is 2.40. The minimum Gasteiger partial charge on any atom is -0.295 e. The Labute approximate surface area is 88.9 Å². The van der Waals surface area contributed by atoms with Crippen molar-refractivity contribution < 1.29 is 0 Å². The minimum absolute atomic E-state index is 0.758. The molecule has 2 heterocycles. The fraction of sp³-hybridized carbons (Fsp3) is 1.00. The van der Waals surface area contributed by atoms with Crippen LogP contribution in [0.5, 0.6) is 0 Å². The third-order valence-corrected chi connectivity index (χ3v) is 4.38. The third kappa shape index (κ3) is 1.60. The van der Waals surface area contributed by atoms with E-state index in [4.69, 9.17) is 0 Å². The lowest BCUT2D eigenvalue weighted by atomic mass is 9.81. The summed E-state index contributed by atoms with van der Waals surface area (Å²) < 4.78 is 0. The molecule has 2 bridgehead atoms. The van der Waals surface area contributed by atoms with Gasteiger partial charge in [-0.05, 0) is 51.4 Å². The SMILES string of the molecule is CC(C)C1CCC2CCC1N2C(C)C. The molecule has 0 aromatic heterocycles. The second-order valence-corrected chi connectivity index (χ2v) is 5.82. The summed E-state index contributed by atoms with van der Waals surface area (Å²) in [7, 11) is 0. The molecule has 0 radical (unpaired) electrons. The van der Waals surface area contributed by atoms with Gasteiger partial charge in [0.15, 0.2) is 0 Å². The van der Waals surface area contributed by atoms with Gasteiger partial charge in [-0.25, -0.2) is 0 Å². The Morgan fingerprint density at radius 2 is 1.57 bits per heavy atom. The summed E-state index contributed by atoms with van der Waals surface area (Å²) >= 11 is 0. The standard InChI is InChI=1S/C13H25N/c1-9(2)12-7-5-11-6-8-13(12)14(11)10(3)4/h9-13H,5-8H2,1-4H3. The summed E-state index contributed by atoms with van der Waals surface area (Å²) in [5.74, 6) is 1.84. The van der Waals surface area contributed by atoms with E-state index in [1.54, 1.807) is 0 Å². The van der Waals surface area contributed by atoms with Crippen molar-refractivity contribution in [3.05, 3.63) is 0 Å². The molecule has 0 aromatic rings. The fourth-order valence-electron chi connectivity index (χ4n) is 3.82. The molecule has 0 N–H and O–H groups in total. The molecular weight excluding hydrogens is 170 g/mol. The van der Waals surface area contributed by atoms with Crippen molar-refractivity contribution in [2.45, 2.75) is 71.5 Å². The van der Waals surface area contributed by atoms with Gasteiger partial charge in [0.1, 0.15) is 0 Å². The first-order chi connectivity index (χ1) is 6.61. The highest BCUT2D eigenvalue weighted by atomic mass is 15.2. The van der Waals surface area contributed by atoms with Crippen molar-refractivity contribution in [2.75, 3.05) is 0 Å². The van der Waals surface area contributed by atoms with E-state index in [-0.39, 0.29) is 0 Å². The highest BCUT2D eigenvalue weighted by molar-refractivity contribution is 4.98. The van der Waals surface area contributed by atoms with Gasteiger partial charge in [0.25, 0.3) is 0 Å². The lowest BCUT2D eigenvalue weighted by Gasteiger charge is -2.44. The summed E-state index contributed by atoms with van der Waals surface area (Å²) in [5.41, 5.74) is 0. The van der Waals surface area contributed by atoms with E-state index < -0.39 is 0 Å². The molecule has 0 amide bonds. The van der Waals surface area contributed by atoms with Crippen molar-refractivity contribution >= 4 is 0 Å². The smallest absolute Gasteiger partial charge is 0.0132 e. The van der Waals surface area contributed by atoms with Gasteiger partial charge in [-0.3, -0.25) is 4.90 Å². The maximum atomic E-state index is 2.81. The molecular formula is C13H25N. The molecule has 2 aliphatic heterocycles. The monoisotopic (exact) mass is 195 g/mol. The lowest BCUT2D eigenvalue weighted by Crippen LogP contribution is -2.49. The van der Waals surface area contributed by atoms with Crippen LogP contribution in [0, 0.1) is 11.8 Å². The molecule has 0 aliphatic carbocycles. The van der Waals surface area contributed by atoms with E-state index in [1.165, 1.54) is 25.7 Å². The predicted octanol–water partition coefficient (Wildman–Crippen LogP) is 3.29. The quantitative estimate of drug-likeness (QED) is 0.653. The number of nitrogens with zero attached hydrogens (tertiary/aromatic N) is 1. The molecule has 2 saturated heterocycles. The summed E-state index contributed by atoms with van der Waals surface area (Å²) in [6.45, 7) is 9.55. The summed E-state index contributed by atoms with van der Waals surface area (Å²) in [5, 5.41) is 0. The van der Waals surface area contributed by atoms with Crippen LogP contribution in [0.1, 0.15) is 53.4 Å². The predicted molar refractivity (Wildman–Crippen MR) is 61.3 cm³/mol. The summed E-state index contributed by atoms with van der Waals surface area (Å²) in [4.78, 5) is 2.81. The Morgan fingerprint density at radius 1 is 0.929 bits per heavy atom. The highest BCUT2D eigenvalue weighted by Crippen LogP contribution is 2.42. The van der Waals surface area contributed by atoms with Crippen LogP contribution in [0.4, 0.5) is 0 Å². The van der Waals surface area contributed by atoms with Crippen molar-refractivity contribution in [3.8, 4) is 0 Å². The van der Waals surface area contributed by atoms with E-state index in [1.807, 2.05) is 0 Å². The van der Waals surface area contributed by atoms with E-state index in [0.717, 1.165) is 30.0 Å². The van der Waals surface area contributed by atoms with Gasteiger partial charge >= 0.3 is 0 Å². The van der Waals surface area contributed by atoms with Crippen molar-refractivity contribution in [1.82, 2.24) is 4.90 Å². The van der Waals surface area contributed by atoms with Crippen LogP contribution in [0.25, 0.3) is 0 Å². The van der Waals surface area contributed by atoms with Crippen molar-refractivity contribution in [3.63, 3.8) is 0 Å². The first-order valence-electron chi connectivity index (χ1n) is 6.38. The van der Waals surface area contributed by atoms with Crippen LogP contribution in [-0.2, 0) is 0 Å². The molecule has 82 valence electrons. The Kier molecular flexibility index (Phi) is 2.88. The Balaban J connectivity index is 2.13. The first kappa shape index (κ1) is 10.5. The molecule has 3 atom stereocenters. The van der Waals surface area contributed by atoms with Gasteiger partial charge in [-0.15, -0.1) is 0 Å². The maximum Gasteiger partial charge on any atom is 0.0132 e. The maximum absolute atomic E-state index is 2.81. The molecule has 1 nitrogen and oxygen atoms in total. The normalized spacial score (nSPS) is 38.6. The van der Waals surface area contributed by atoms with Crippen LogP contribution in [0.15, 0.2) is 0 Å². The fourth-order valence-corrected chi connectivity index (χ4v) is 3.82. The van der Waals surface area contributed by atoms with Gasteiger partial charge < -0.3 is 0 Å². The molecule has 3 unspecified atom stereocenters. The molecule has 2 fully saturated rings. The first-order valence-corrected chi connectivity index (χ1v) is 6.38. The van der Waals surface area contributed by atoms with Crippen molar-refractivity contribution in [2.24, 2.45) is 11.8 Å². The zero-order valence-corrected chi connectivity index (χ0v) is 10.2. The van der Waals surface area contributed by atoms with Gasteiger partial charge in [-0.2, -0.15) is 0 Å². The van der Waals surface area contributed by atoms with Crippen molar-refractivity contribution in [1.29, 1.82) is 0 Å². The van der Waals surface area contributed by atoms with Crippen LogP contribution >= 0.6 is 0 Å². The molecule has 0 aromatic carbocycles. The van der Waals surface area contributed by atoms with E-state index in [9.17, 15) is 0 Å². The van der Waals surface area contributed by atoms with E-state index in [0.29, 0.717) is 0 Å². The molecule has 2 aliphatic rings. The number of fused-ring (bicyclic) bond motifs is 2. The van der Waals surface area contributed by atoms with Gasteiger partial charge in [0.05, 0.1) is 0 Å². The molecule has 0 spiro atoms. The van der Waals surface area contributed by atoms with Crippen LogP contribution in [-0.4, -0.2) is 23.0 Å². The largest absolute Gasteiger partial charge is 0.295 e. The Hall–Kier alpha value is -0.0400. The molecule has 0 saturated carbocycles. The van der Waals surface area contributed by atoms with E-state index >= 15 is 0 Å². The minimum atomic E-state index is 0.758. The summed E-state index contributed by atoms with van der Waals surface area (Å²) in [6, 6.07) is 2.60. The van der Waals surface area contributed by atoms with Gasteiger partial charge in [0.2, 0.25) is 0 Å². The van der Waals surface area contributed by atoms with Crippen LogP contribution in [0.2, 0.25) is 0 Å². The van der Waals surface area contributed by atoms with Crippen LogP contribution < -0.4 is 0 Å². The number of rotatable bonds is 2. The zero-order valence-electron chi connectivity index (χ0n) is 10.2. The average molecular weight is 195 g/mol. The second kappa shape index (κ2) is 3.84. The van der Waals surface area contributed by atoms with E-state index in [2.05, 4.69) is 32.6 Å². The third-order valence-electron chi connectivity index (χ3n) is 4.38. The molecule has 14 heavy (non-hydrogen) atoms. The Morgan fingerprint density at radius 3 is 2.14 bits per heavy atom. The topological polar surface area (TPSA) is 3.24 Å². The van der Waals surface area contributed by atoms with Gasteiger partial charge in [-0.1, -0.05) is 13.8 Å². The second-order valence-electron chi connectivity index (χ2n) is 5.82. The number of hydrogen-bond donors (Lipinski definition) is 0. The lowest BCUT2D eigenvalue weighted by molar-refractivity contribution is 0.0429. The highest BCUT2D eigenvalue weighted by Gasteiger charge is 2.43.